The van der Waals surface area contributed by atoms with E-state index >= 15 is 0 Å². The SMILES string of the molecule is CCC(CC(C)C)C(C)Br. The van der Waals surface area contributed by atoms with Gasteiger partial charge < -0.3 is 0 Å². The Morgan fingerprint density at radius 2 is 1.70 bits per heavy atom. The Bertz CT molecular complexity index is 76.8. The maximum atomic E-state index is 3.63. The van der Waals surface area contributed by atoms with Crippen molar-refractivity contribution in [1.82, 2.24) is 0 Å². The molecule has 10 heavy (non-hydrogen) atoms. The molecule has 0 bridgehead atoms. The van der Waals surface area contributed by atoms with Gasteiger partial charge in [0.15, 0.2) is 0 Å². The van der Waals surface area contributed by atoms with Crippen LogP contribution in [0.1, 0.15) is 40.5 Å². The Balaban J connectivity index is 3.60. The van der Waals surface area contributed by atoms with Crippen LogP contribution in [-0.2, 0) is 0 Å². The van der Waals surface area contributed by atoms with Crippen molar-refractivity contribution < 1.29 is 0 Å². The van der Waals surface area contributed by atoms with Crippen molar-refractivity contribution in [2.45, 2.75) is 45.4 Å². The maximum Gasteiger partial charge on any atom is 0.0145 e. The molecule has 0 N–H and O–H groups in total. The highest BCUT2D eigenvalue weighted by Gasteiger charge is 2.13. The quantitative estimate of drug-likeness (QED) is 0.614. The van der Waals surface area contributed by atoms with Gasteiger partial charge in [-0.05, 0) is 18.3 Å². The van der Waals surface area contributed by atoms with Crippen LogP contribution in [0, 0.1) is 11.8 Å². The first kappa shape index (κ1) is 10.5. The molecule has 2 unspecified atom stereocenters. The van der Waals surface area contributed by atoms with E-state index in [1.165, 1.54) is 12.8 Å². The van der Waals surface area contributed by atoms with E-state index in [0.717, 1.165) is 11.8 Å². The highest BCUT2D eigenvalue weighted by Crippen LogP contribution is 2.23. The summed E-state index contributed by atoms with van der Waals surface area (Å²) < 4.78 is 0. The molecule has 0 spiro atoms. The largest absolute Gasteiger partial charge is 0.0891 e. The fourth-order valence-electron chi connectivity index (χ4n) is 1.28. The van der Waals surface area contributed by atoms with Crippen LogP contribution in [-0.4, -0.2) is 4.83 Å². The smallest absolute Gasteiger partial charge is 0.0145 e. The van der Waals surface area contributed by atoms with E-state index in [4.69, 9.17) is 0 Å². The Kier molecular flexibility index (Phi) is 5.42. The average molecular weight is 207 g/mol. The Labute approximate surface area is 73.5 Å². The number of hydrogen-bond acceptors (Lipinski definition) is 0. The van der Waals surface area contributed by atoms with Gasteiger partial charge in [-0.3, -0.25) is 0 Å². The summed E-state index contributed by atoms with van der Waals surface area (Å²) in [5.41, 5.74) is 0. The number of halogens is 1. The van der Waals surface area contributed by atoms with Crippen LogP contribution in [0.5, 0.6) is 0 Å². The normalized spacial score (nSPS) is 17.4. The summed E-state index contributed by atoms with van der Waals surface area (Å²) in [5.74, 6) is 1.70. The fraction of sp³-hybridized carbons (Fsp3) is 1.00. The van der Waals surface area contributed by atoms with Crippen molar-refractivity contribution in [1.29, 1.82) is 0 Å². The zero-order valence-electron chi connectivity index (χ0n) is 7.52. The van der Waals surface area contributed by atoms with Crippen molar-refractivity contribution in [2.24, 2.45) is 11.8 Å². The van der Waals surface area contributed by atoms with E-state index < -0.39 is 0 Å². The van der Waals surface area contributed by atoms with E-state index in [2.05, 4.69) is 43.6 Å². The van der Waals surface area contributed by atoms with Crippen LogP contribution in [0.4, 0.5) is 0 Å². The topological polar surface area (TPSA) is 0 Å². The third kappa shape index (κ3) is 4.32. The minimum absolute atomic E-state index is 0.680. The van der Waals surface area contributed by atoms with E-state index in [9.17, 15) is 0 Å². The predicted molar refractivity (Wildman–Crippen MR) is 51.6 cm³/mol. The van der Waals surface area contributed by atoms with Crippen LogP contribution < -0.4 is 0 Å². The van der Waals surface area contributed by atoms with Gasteiger partial charge >= 0.3 is 0 Å². The molecule has 0 aliphatic carbocycles. The van der Waals surface area contributed by atoms with Gasteiger partial charge in [0, 0.05) is 4.83 Å². The minimum atomic E-state index is 0.680. The first-order valence-corrected chi connectivity index (χ1v) is 5.13. The summed E-state index contributed by atoms with van der Waals surface area (Å²) in [5, 5.41) is 0. The molecule has 0 saturated heterocycles. The lowest BCUT2D eigenvalue weighted by molar-refractivity contribution is 0.400. The summed E-state index contributed by atoms with van der Waals surface area (Å²) >= 11 is 3.63. The van der Waals surface area contributed by atoms with Crippen molar-refractivity contribution in [2.75, 3.05) is 0 Å². The van der Waals surface area contributed by atoms with Gasteiger partial charge in [0.25, 0.3) is 0 Å². The van der Waals surface area contributed by atoms with Crippen LogP contribution in [0.15, 0.2) is 0 Å². The summed E-state index contributed by atoms with van der Waals surface area (Å²) in [6.07, 6.45) is 2.65. The highest BCUT2D eigenvalue weighted by molar-refractivity contribution is 9.09. The molecule has 0 aliphatic rings. The summed E-state index contributed by atoms with van der Waals surface area (Å²) in [4.78, 5) is 0.680. The number of hydrogen-bond donors (Lipinski definition) is 0. The molecule has 0 rings (SSSR count). The van der Waals surface area contributed by atoms with Crippen LogP contribution >= 0.6 is 15.9 Å². The van der Waals surface area contributed by atoms with Gasteiger partial charge in [0.05, 0.1) is 0 Å². The minimum Gasteiger partial charge on any atom is -0.0891 e. The highest BCUT2D eigenvalue weighted by atomic mass is 79.9. The lowest BCUT2D eigenvalue weighted by atomic mass is 9.93. The second-order valence-corrected chi connectivity index (χ2v) is 4.92. The average Bonchev–Trinajstić information content (AvgIpc) is 1.81. The summed E-state index contributed by atoms with van der Waals surface area (Å²) in [6, 6.07) is 0. The molecule has 0 amide bonds. The summed E-state index contributed by atoms with van der Waals surface area (Å²) in [7, 11) is 0. The van der Waals surface area contributed by atoms with E-state index in [1.54, 1.807) is 0 Å². The van der Waals surface area contributed by atoms with E-state index in [-0.39, 0.29) is 0 Å². The van der Waals surface area contributed by atoms with Gasteiger partial charge in [-0.25, -0.2) is 0 Å². The number of rotatable bonds is 4. The van der Waals surface area contributed by atoms with Crippen molar-refractivity contribution in [3.63, 3.8) is 0 Å². The van der Waals surface area contributed by atoms with E-state index in [1.807, 2.05) is 0 Å². The molecule has 0 aliphatic heterocycles. The molecule has 0 saturated carbocycles. The molecule has 0 fully saturated rings. The molecule has 0 radical (unpaired) electrons. The molecule has 0 heterocycles. The summed E-state index contributed by atoms with van der Waals surface area (Å²) in [6.45, 7) is 9.09. The molecule has 0 aromatic heterocycles. The first-order chi connectivity index (χ1) is 4.57. The Morgan fingerprint density at radius 3 is 1.80 bits per heavy atom. The second kappa shape index (κ2) is 5.17. The Morgan fingerprint density at radius 1 is 1.20 bits per heavy atom. The van der Waals surface area contributed by atoms with Crippen molar-refractivity contribution in [3.05, 3.63) is 0 Å². The molecular formula is C9H19Br. The van der Waals surface area contributed by atoms with Crippen LogP contribution in [0.25, 0.3) is 0 Å². The molecule has 0 aromatic carbocycles. The molecular weight excluding hydrogens is 188 g/mol. The van der Waals surface area contributed by atoms with E-state index in [0.29, 0.717) is 4.83 Å². The van der Waals surface area contributed by atoms with Gasteiger partial charge in [-0.15, -0.1) is 0 Å². The van der Waals surface area contributed by atoms with Crippen molar-refractivity contribution in [3.8, 4) is 0 Å². The maximum absolute atomic E-state index is 3.63. The number of alkyl halides is 1. The third-order valence-corrected chi connectivity index (χ3v) is 2.70. The fourth-order valence-corrected chi connectivity index (χ4v) is 1.87. The lowest BCUT2D eigenvalue weighted by Crippen LogP contribution is -2.12. The monoisotopic (exact) mass is 206 g/mol. The zero-order valence-corrected chi connectivity index (χ0v) is 9.11. The molecule has 0 aromatic rings. The lowest BCUT2D eigenvalue weighted by Gasteiger charge is -2.19. The van der Waals surface area contributed by atoms with Crippen molar-refractivity contribution >= 4 is 15.9 Å². The molecule has 62 valence electrons. The predicted octanol–water partition coefficient (Wildman–Crippen LogP) is 3.84. The standard InChI is InChI=1S/C9H19Br/c1-5-9(8(4)10)6-7(2)3/h7-9H,5-6H2,1-4H3. The molecule has 1 heteroatoms. The van der Waals surface area contributed by atoms with Gasteiger partial charge in [0.1, 0.15) is 0 Å². The van der Waals surface area contributed by atoms with Crippen LogP contribution in [0.2, 0.25) is 0 Å². The van der Waals surface area contributed by atoms with Gasteiger partial charge in [0.2, 0.25) is 0 Å². The first-order valence-electron chi connectivity index (χ1n) is 4.22. The van der Waals surface area contributed by atoms with Gasteiger partial charge in [-0.1, -0.05) is 50.0 Å². The van der Waals surface area contributed by atoms with Crippen LogP contribution in [0.3, 0.4) is 0 Å². The molecule has 0 nitrogen and oxygen atoms in total. The zero-order chi connectivity index (χ0) is 8.15. The Hall–Kier alpha value is 0.480. The van der Waals surface area contributed by atoms with Gasteiger partial charge in [-0.2, -0.15) is 0 Å². The third-order valence-electron chi connectivity index (χ3n) is 1.95. The second-order valence-electron chi connectivity index (χ2n) is 3.48. The molecule has 2 atom stereocenters.